The summed E-state index contributed by atoms with van der Waals surface area (Å²) in [5.41, 5.74) is 4.83. The number of aldehydes is 2. The number of nitrogens with zero attached hydrogens (tertiary/aromatic N) is 1. The van der Waals surface area contributed by atoms with Gasteiger partial charge in [0.2, 0.25) is 0 Å². The number of benzene rings is 1. The maximum Gasteiger partial charge on any atom is 0.152 e. The fourth-order valence-electron chi connectivity index (χ4n) is 2.57. The molecule has 0 saturated carbocycles. The lowest BCUT2D eigenvalue weighted by molar-refractivity contribution is 0.109. The van der Waals surface area contributed by atoms with Crippen LogP contribution < -0.4 is 0 Å². The predicted octanol–water partition coefficient (Wildman–Crippen LogP) is 3.28. The van der Waals surface area contributed by atoms with Gasteiger partial charge in [-0.25, -0.2) is 0 Å². The Morgan fingerprint density at radius 2 is 1.53 bits per heavy atom. The number of para-hydroxylation sites is 1. The van der Waals surface area contributed by atoms with Crippen molar-refractivity contribution in [2.75, 3.05) is 0 Å². The van der Waals surface area contributed by atoms with Crippen LogP contribution in [0.15, 0.2) is 24.3 Å². The number of rotatable bonds is 4. The largest absolute Gasteiger partial charge is 0.317 e. The summed E-state index contributed by atoms with van der Waals surface area (Å²) in [7, 11) is 0. The van der Waals surface area contributed by atoms with Gasteiger partial charge in [0.05, 0.1) is 0 Å². The maximum absolute atomic E-state index is 11.2. The topological polar surface area (TPSA) is 39.1 Å². The van der Waals surface area contributed by atoms with Gasteiger partial charge in [-0.3, -0.25) is 9.59 Å². The molecule has 0 atom stereocenters. The van der Waals surface area contributed by atoms with Gasteiger partial charge in [0.25, 0.3) is 0 Å². The average molecular weight is 255 g/mol. The summed E-state index contributed by atoms with van der Waals surface area (Å²) in [5, 5.41) is 0. The van der Waals surface area contributed by atoms with Gasteiger partial charge in [-0.2, -0.15) is 0 Å². The van der Waals surface area contributed by atoms with Crippen LogP contribution in [0.5, 0.6) is 0 Å². The molecule has 0 aliphatic heterocycles. The third-order valence-electron chi connectivity index (χ3n) is 3.59. The number of carbonyl (C=O) groups excluding carboxylic acids is 2. The van der Waals surface area contributed by atoms with Crippen molar-refractivity contribution in [2.24, 2.45) is 0 Å². The fraction of sp³-hybridized carbons (Fsp3) is 0.250. The van der Waals surface area contributed by atoms with Crippen LogP contribution in [0.2, 0.25) is 0 Å². The number of hydrogen-bond donors (Lipinski definition) is 0. The monoisotopic (exact) mass is 255 g/mol. The van der Waals surface area contributed by atoms with E-state index in [9.17, 15) is 9.59 Å². The zero-order chi connectivity index (χ0) is 14.0. The second kappa shape index (κ2) is 5.22. The molecule has 2 aromatic rings. The molecule has 98 valence electrons. The lowest BCUT2D eigenvalue weighted by atomic mass is 10.1. The van der Waals surface area contributed by atoms with E-state index in [-0.39, 0.29) is 0 Å². The minimum Gasteiger partial charge on any atom is -0.317 e. The zero-order valence-electron chi connectivity index (χ0n) is 11.4. The molecule has 1 heterocycles. The molecule has 19 heavy (non-hydrogen) atoms. The normalized spacial score (nSPS) is 10.5. The van der Waals surface area contributed by atoms with Crippen molar-refractivity contribution in [1.29, 1.82) is 0 Å². The Balaban J connectivity index is 2.79. The first-order valence-corrected chi connectivity index (χ1v) is 6.36. The molecule has 0 N–H and O–H groups in total. The van der Waals surface area contributed by atoms with Gasteiger partial charge in [0.15, 0.2) is 12.6 Å². The van der Waals surface area contributed by atoms with E-state index in [1.807, 2.05) is 36.6 Å². The van der Waals surface area contributed by atoms with E-state index in [0.717, 1.165) is 36.1 Å². The van der Waals surface area contributed by atoms with Gasteiger partial charge in [0, 0.05) is 28.2 Å². The molecule has 0 bridgehead atoms. The molecule has 0 spiro atoms. The van der Waals surface area contributed by atoms with Gasteiger partial charge in [-0.1, -0.05) is 25.1 Å². The molecule has 0 radical (unpaired) electrons. The Bertz CT molecular complexity index is 607. The van der Waals surface area contributed by atoms with Crippen LogP contribution in [0.4, 0.5) is 0 Å². The van der Waals surface area contributed by atoms with Crippen molar-refractivity contribution < 1.29 is 9.59 Å². The maximum atomic E-state index is 11.2. The Hall–Kier alpha value is -2.16. The van der Waals surface area contributed by atoms with E-state index in [1.54, 1.807) is 0 Å². The molecule has 3 nitrogen and oxygen atoms in total. The van der Waals surface area contributed by atoms with Crippen molar-refractivity contribution in [3.8, 4) is 5.69 Å². The van der Waals surface area contributed by atoms with Crippen molar-refractivity contribution in [3.63, 3.8) is 0 Å². The highest BCUT2D eigenvalue weighted by Crippen LogP contribution is 2.26. The summed E-state index contributed by atoms with van der Waals surface area (Å²) >= 11 is 0. The minimum atomic E-state index is 0.485. The van der Waals surface area contributed by atoms with E-state index in [1.165, 1.54) is 5.56 Å². The van der Waals surface area contributed by atoms with Crippen LogP contribution in [0.25, 0.3) is 5.69 Å². The smallest absolute Gasteiger partial charge is 0.152 e. The van der Waals surface area contributed by atoms with Crippen LogP contribution in [-0.4, -0.2) is 17.1 Å². The summed E-state index contributed by atoms with van der Waals surface area (Å²) in [6.45, 7) is 5.83. The first-order chi connectivity index (χ1) is 9.15. The molecule has 1 aromatic heterocycles. The molecule has 3 heteroatoms. The number of aryl methyl sites for hydroxylation is 1. The molecular formula is C16H17NO2. The zero-order valence-corrected chi connectivity index (χ0v) is 11.4. The highest BCUT2D eigenvalue weighted by molar-refractivity contribution is 5.93. The van der Waals surface area contributed by atoms with Gasteiger partial charge >= 0.3 is 0 Å². The molecule has 2 rings (SSSR count). The van der Waals surface area contributed by atoms with E-state index in [0.29, 0.717) is 11.1 Å². The summed E-state index contributed by atoms with van der Waals surface area (Å²) in [6, 6.07) is 8.05. The second-order valence-corrected chi connectivity index (χ2v) is 4.55. The molecule has 0 aliphatic rings. The second-order valence-electron chi connectivity index (χ2n) is 4.55. The van der Waals surface area contributed by atoms with Crippen molar-refractivity contribution in [1.82, 2.24) is 4.57 Å². The molecule has 0 amide bonds. The first-order valence-electron chi connectivity index (χ1n) is 6.36. The molecular weight excluding hydrogens is 238 g/mol. The van der Waals surface area contributed by atoms with Gasteiger partial charge in [0.1, 0.15) is 0 Å². The number of carbonyl (C=O) groups is 2. The van der Waals surface area contributed by atoms with Gasteiger partial charge < -0.3 is 4.57 Å². The van der Waals surface area contributed by atoms with Gasteiger partial charge in [-0.05, 0) is 31.9 Å². The lowest BCUT2D eigenvalue weighted by Gasteiger charge is -2.13. The molecule has 0 saturated heterocycles. The van der Waals surface area contributed by atoms with Crippen LogP contribution >= 0.6 is 0 Å². The molecule has 0 unspecified atom stereocenters. The van der Waals surface area contributed by atoms with Crippen LogP contribution in [0.3, 0.4) is 0 Å². The fourth-order valence-corrected chi connectivity index (χ4v) is 2.57. The Labute approximate surface area is 112 Å². The summed E-state index contributed by atoms with van der Waals surface area (Å²) in [6.07, 6.45) is 2.42. The van der Waals surface area contributed by atoms with Crippen LogP contribution in [-0.2, 0) is 6.42 Å². The highest BCUT2D eigenvalue weighted by atomic mass is 16.1. The van der Waals surface area contributed by atoms with Crippen molar-refractivity contribution in [3.05, 3.63) is 52.3 Å². The quantitative estimate of drug-likeness (QED) is 0.786. The van der Waals surface area contributed by atoms with E-state index >= 15 is 0 Å². The summed E-state index contributed by atoms with van der Waals surface area (Å²) in [4.78, 5) is 22.4. The summed E-state index contributed by atoms with van der Waals surface area (Å²) in [5.74, 6) is 0. The molecule has 0 fully saturated rings. The summed E-state index contributed by atoms with van der Waals surface area (Å²) < 4.78 is 1.99. The van der Waals surface area contributed by atoms with E-state index in [4.69, 9.17) is 0 Å². The molecule has 0 aliphatic carbocycles. The average Bonchev–Trinajstić information content (AvgIpc) is 2.68. The standard InChI is InChI=1S/C16H17NO2/c1-4-13-7-5-6-8-16(13)17-11(2)14(9-18)15(10-19)12(17)3/h5-10H,4H2,1-3H3. The molecule has 1 aromatic carbocycles. The third kappa shape index (κ3) is 2.01. The van der Waals surface area contributed by atoms with E-state index in [2.05, 4.69) is 13.0 Å². The number of hydrogen-bond acceptors (Lipinski definition) is 2. The number of aromatic nitrogens is 1. The van der Waals surface area contributed by atoms with E-state index < -0.39 is 0 Å². The Morgan fingerprint density at radius 3 is 2.00 bits per heavy atom. The Morgan fingerprint density at radius 1 is 1.00 bits per heavy atom. The Kier molecular flexibility index (Phi) is 3.65. The SMILES string of the molecule is CCc1ccccc1-n1c(C)c(C=O)c(C=O)c1C. The van der Waals surface area contributed by atoms with Crippen LogP contribution in [0, 0.1) is 13.8 Å². The lowest BCUT2D eigenvalue weighted by Crippen LogP contribution is -2.03. The predicted molar refractivity (Wildman–Crippen MR) is 75.4 cm³/mol. The first kappa shape index (κ1) is 13.3. The van der Waals surface area contributed by atoms with Crippen molar-refractivity contribution >= 4 is 12.6 Å². The highest BCUT2D eigenvalue weighted by Gasteiger charge is 2.18. The van der Waals surface area contributed by atoms with Crippen molar-refractivity contribution in [2.45, 2.75) is 27.2 Å². The van der Waals surface area contributed by atoms with Gasteiger partial charge in [-0.15, -0.1) is 0 Å². The van der Waals surface area contributed by atoms with Crippen LogP contribution in [0.1, 0.15) is 44.6 Å². The third-order valence-corrected chi connectivity index (χ3v) is 3.59. The minimum absolute atomic E-state index is 0.485.